The fourth-order valence-electron chi connectivity index (χ4n) is 4.54. The van der Waals surface area contributed by atoms with Crippen LogP contribution in [-0.2, 0) is 25.8 Å². The number of carbonyl (C=O) groups is 4. The van der Waals surface area contributed by atoms with Crippen LogP contribution < -0.4 is 14.8 Å². The van der Waals surface area contributed by atoms with Crippen molar-refractivity contribution in [2.75, 3.05) is 31.0 Å². The van der Waals surface area contributed by atoms with Gasteiger partial charge in [-0.1, -0.05) is 6.07 Å². The zero-order chi connectivity index (χ0) is 28.9. The standard InChI is InChI=1S/C27H32N2O9S/c1-5-38-23-14-18(10-11-22(23)37-3)21(15-39(4,35)36)29-26(33)19-12-17(8-6-7-9-24(31)32)13-20(28-16(2)30)25(19)27(29)34/h10-14,21H,5-9,15H2,1-4H3,(H,28,30)(H,31,32)/t21-/m1/s1. The minimum Gasteiger partial charge on any atom is -0.493 e. The Morgan fingerprint density at radius 3 is 2.38 bits per heavy atom. The Bertz CT molecular complexity index is 1400. The van der Waals surface area contributed by atoms with Gasteiger partial charge in [0, 0.05) is 19.6 Å². The van der Waals surface area contributed by atoms with Crippen LogP contribution in [0.2, 0.25) is 0 Å². The smallest absolute Gasteiger partial charge is 0.303 e. The molecule has 3 amide bonds. The number of carboxylic acid groups (broad SMARTS) is 1. The van der Waals surface area contributed by atoms with Crippen LogP contribution in [-0.4, -0.2) is 67.8 Å². The van der Waals surface area contributed by atoms with E-state index < -0.39 is 45.3 Å². The molecule has 1 heterocycles. The molecule has 0 aliphatic carbocycles. The molecule has 11 nitrogen and oxygen atoms in total. The second-order valence-electron chi connectivity index (χ2n) is 9.28. The lowest BCUT2D eigenvalue weighted by Crippen LogP contribution is -2.37. The van der Waals surface area contributed by atoms with Crippen LogP contribution in [0.4, 0.5) is 5.69 Å². The zero-order valence-corrected chi connectivity index (χ0v) is 23.1. The highest BCUT2D eigenvalue weighted by molar-refractivity contribution is 7.90. The molecule has 2 N–H and O–H groups in total. The second kappa shape index (κ2) is 12.3. The van der Waals surface area contributed by atoms with Gasteiger partial charge >= 0.3 is 5.97 Å². The van der Waals surface area contributed by atoms with Crippen LogP contribution in [0, 0.1) is 0 Å². The van der Waals surface area contributed by atoms with Gasteiger partial charge in [0.05, 0.1) is 42.3 Å². The first-order chi connectivity index (χ1) is 18.4. The highest BCUT2D eigenvalue weighted by Gasteiger charge is 2.43. The number of methoxy groups -OCH3 is 1. The van der Waals surface area contributed by atoms with E-state index in [0.717, 1.165) is 11.2 Å². The van der Waals surface area contributed by atoms with Gasteiger partial charge in [0.25, 0.3) is 11.8 Å². The molecule has 3 rings (SSSR count). The molecule has 0 fully saturated rings. The van der Waals surface area contributed by atoms with Crippen molar-refractivity contribution in [2.45, 2.75) is 45.6 Å². The molecular formula is C27H32N2O9S. The minimum atomic E-state index is -3.68. The SMILES string of the molecule is CCOc1cc([C@@H](CS(C)(=O)=O)N2C(=O)c3cc(CCCCC(=O)O)cc(NC(C)=O)c3C2=O)ccc1OC. The van der Waals surface area contributed by atoms with Gasteiger partial charge in [0.1, 0.15) is 9.84 Å². The summed E-state index contributed by atoms with van der Waals surface area (Å²) in [5, 5.41) is 11.5. The monoisotopic (exact) mass is 560 g/mol. The van der Waals surface area contributed by atoms with Crippen molar-refractivity contribution in [3.63, 3.8) is 0 Å². The highest BCUT2D eigenvalue weighted by atomic mass is 32.2. The Labute approximate surface area is 227 Å². The lowest BCUT2D eigenvalue weighted by atomic mass is 9.99. The molecule has 0 aromatic heterocycles. The number of rotatable bonds is 13. The van der Waals surface area contributed by atoms with Gasteiger partial charge < -0.3 is 19.9 Å². The summed E-state index contributed by atoms with van der Waals surface area (Å²) in [6.45, 7) is 3.34. The molecule has 1 atom stereocenters. The van der Waals surface area contributed by atoms with Crippen molar-refractivity contribution in [1.29, 1.82) is 0 Å². The Balaban J connectivity index is 2.09. The number of hydrogen-bond acceptors (Lipinski definition) is 8. The summed E-state index contributed by atoms with van der Waals surface area (Å²) in [5.74, 6) is -2.61. The highest BCUT2D eigenvalue weighted by Crippen LogP contribution is 2.39. The Kier molecular flexibility index (Phi) is 9.33. The Hall–Kier alpha value is -3.93. The van der Waals surface area contributed by atoms with E-state index in [1.807, 2.05) is 0 Å². The molecule has 0 saturated heterocycles. The number of carbonyl (C=O) groups excluding carboxylic acids is 3. The summed E-state index contributed by atoms with van der Waals surface area (Å²) in [4.78, 5) is 51.1. The van der Waals surface area contributed by atoms with Crippen molar-refractivity contribution in [3.05, 3.63) is 52.6 Å². The molecule has 12 heteroatoms. The molecule has 2 aromatic carbocycles. The number of fused-ring (bicyclic) bond motifs is 1. The van der Waals surface area contributed by atoms with Gasteiger partial charge in [-0.2, -0.15) is 0 Å². The number of amides is 3. The van der Waals surface area contributed by atoms with E-state index in [4.69, 9.17) is 14.6 Å². The van der Waals surface area contributed by atoms with E-state index in [-0.39, 0.29) is 23.2 Å². The summed E-state index contributed by atoms with van der Waals surface area (Å²) in [7, 11) is -2.22. The van der Waals surface area contributed by atoms with Gasteiger partial charge in [-0.3, -0.25) is 24.1 Å². The van der Waals surface area contributed by atoms with E-state index in [9.17, 15) is 27.6 Å². The average molecular weight is 561 g/mol. The third-order valence-corrected chi connectivity index (χ3v) is 7.06. The quantitative estimate of drug-likeness (QED) is 0.277. The topological polar surface area (TPSA) is 156 Å². The molecule has 39 heavy (non-hydrogen) atoms. The predicted octanol–water partition coefficient (Wildman–Crippen LogP) is 3.23. The van der Waals surface area contributed by atoms with Gasteiger partial charge in [-0.15, -0.1) is 0 Å². The van der Waals surface area contributed by atoms with E-state index >= 15 is 0 Å². The van der Waals surface area contributed by atoms with E-state index in [1.54, 1.807) is 37.3 Å². The summed E-state index contributed by atoms with van der Waals surface area (Å²) < 4.78 is 35.8. The Morgan fingerprint density at radius 1 is 1.08 bits per heavy atom. The third-order valence-electron chi connectivity index (χ3n) is 6.14. The maximum absolute atomic E-state index is 13.7. The van der Waals surface area contributed by atoms with E-state index in [1.165, 1.54) is 14.0 Å². The Morgan fingerprint density at radius 2 is 1.79 bits per heavy atom. The number of aliphatic carboxylic acids is 1. The summed E-state index contributed by atoms with van der Waals surface area (Å²) in [6, 6.07) is 6.64. The maximum Gasteiger partial charge on any atom is 0.303 e. The number of aryl methyl sites for hydroxylation is 1. The molecular weight excluding hydrogens is 528 g/mol. The number of benzene rings is 2. The third kappa shape index (κ3) is 7.14. The first kappa shape index (κ1) is 29.6. The molecule has 2 aromatic rings. The molecule has 0 unspecified atom stereocenters. The van der Waals surface area contributed by atoms with Crippen LogP contribution >= 0.6 is 0 Å². The normalized spacial score (nSPS) is 13.7. The molecule has 0 radical (unpaired) electrons. The molecule has 1 aliphatic rings. The van der Waals surface area contributed by atoms with Crippen LogP contribution in [0.1, 0.15) is 71.0 Å². The van der Waals surface area contributed by atoms with Crippen molar-refractivity contribution < 1.29 is 42.2 Å². The van der Waals surface area contributed by atoms with Crippen LogP contribution in [0.5, 0.6) is 11.5 Å². The van der Waals surface area contributed by atoms with Crippen molar-refractivity contribution >= 4 is 39.2 Å². The summed E-state index contributed by atoms with van der Waals surface area (Å²) in [5.41, 5.74) is 1.14. The number of nitrogens with one attached hydrogen (secondary N) is 1. The van der Waals surface area contributed by atoms with Gasteiger partial charge in [-0.25, -0.2) is 8.42 Å². The average Bonchev–Trinajstić information content (AvgIpc) is 3.09. The van der Waals surface area contributed by atoms with E-state index in [0.29, 0.717) is 48.5 Å². The second-order valence-corrected chi connectivity index (χ2v) is 11.5. The first-order valence-corrected chi connectivity index (χ1v) is 14.4. The first-order valence-electron chi connectivity index (χ1n) is 12.4. The number of nitrogens with zero attached hydrogens (tertiary/aromatic N) is 1. The minimum absolute atomic E-state index is 0.00649. The predicted molar refractivity (Wildman–Crippen MR) is 143 cm³/mol. The number of unbranched alkanes of at least 4 members (excludes halogenated alkanes) is 1. The van der Waals surface area contributed by atoms with E-state index in [2.05, 4.69) is 5.32 Å². The van der Waals surface area contributed by atoms with Gasteiger partial charge in [0.15, 0.2) is 11.5 Å². The molecule has 210 valence electrons. The molecule has 1 aliphatic heterocycles. The fraction of sp³-hybridized carbons (Fsp3) is 0.407. The lowest BCUT2D eigenvalue weighted by Gasteiger charge is -2.27. The fourth-order valence-corrected chi connectivity index (χ4v) is 5.45. The number of ether oxygens (including phenoxy) is 2. The summed E-state index contributed by atoms with van der Waals surface area (Å²) >= 11 is 0. The van der Waals surface area contributed by atoms with Crippen LogP contribution in [0.3, 0.4) is 0 Å². The van der Waals surface area contributed by atoms with Crippen molar-refractivity contribution in [1.82, 2.24) is 4.90 Å². The molecule has 0 bridgehead atoms. The largest absolute Gasteiger partial charge is 0.493 e. The van der Waals surface area contributed by atoms with Crippen molar-refractivity contribution in [3.8, 4) is 11.5 Å². The zero-order valence-electron chi connectivity index (χ0n) is 22.3. The van der Waals surface area contributed by atoms with Gasteiger partial charge in [-0.05, 0) is 61.6 Å². The lowest BCUT2D eigenvalue weighted by molar-refractivity contribution is -0.137. The number of imide groups is 1. The van der Waals surface area contributed by atoms with Crippen LogP contribution in [0.15, 0.2) is 30.3 Å². The van der Waals surface area contributed by atoms with Crippen molar-refractivity contribution in [2.24, 2.45) is 0 Å². The molecule has 0 saturated carbocycles. The number of anilines is 1. The van der Waals surface area contributed by atoms with Crippen LogP contribution in [0.25, 0.3) is 0 Å². The molecule has 0 spiro atoms. The maximum atomic E-state index is 13.7. The number of sulfone groups is 1. The number of hydrogen-bond donors (Lipinski definition) is 2. The number of carboxylic acids is 1. The van der Waals surface area contributed by atoms with Gasteiger partial charge in [0.2, 0.25) is 5.91 Å². The summed E-state index contributed by atoms with van der Waals surface area (Å²) in [6.07, 6.45) is 2.35.